The normalized spacial score (nSPS) is 15.6. The zero-order valence-corrected chi connectivity index (χ0v) is 23.7. The van der Waals surface area contributed by atoms with Crippen LogP contribution in [0.1, 0.15) is 42.8 Å². The molecule has 3 aromatic heterocycles. The molecule has 42 heavy (non-hydrogen) atoms. The molecule has 0 saturated carbocycles. The van der Waals surface area contributed by atoms with Gasteiger partial charge in [-0.25, -0.2) is 19.4 Å². The zero-order chi connectivity index (χ0) is 29.1. The van der Waals surface area contributed by atoms with Gasteiger partial charge in [0.15, 0.2) is 11.1 Å². The van der Waals surface area contributed by atoms with Crippen molar-refractivity contribution < 1.29 is 9.53 Å². The van der Waals surface area contributed by atoms with Gasteiger partial charge in [-0.2, -0.15) is 0 Å². The molecular formula is C30H34N10O2. The fourth-order valence-corrected chi connectivity index (χ4v) is 5.57. The highest BCUT2D eigenvalue weighted by molar-refractivity contribution is 5.68. The Bertz CT molecular complexity index is 1690. The van der Waals surface area contributed by atoms with Crippen molar-refractivity contribution in [3.63, 3.8) is 0 Å². The smallest absolute Gasteiger partial charge is 0.410 e. The minimum atomic E-state index is -0.266. The van der Waals surface area contributed by atoms with Gasteiger partial charge in [0.25, 0.3) is 0 Å². The van der Waals surface area contributed by atoms with Crippen LogP contribution in [0.2, 0.25) is 0 Å². The number of nitrogens with one attached hydrogen (secondary N) is 2. The Labute approximate surface area is 243 Å². The van der Waals surface area contributed by atoms with Gasteiger partial charge >= 0.3 is 6.09 Å². The van der Waals surface area contributed by atoms with E-state index >= 15 is 0 Å². The predicted octanol–water partition coefficient (Wildman–Crippen LogP) is 3.37. The molecule has 2 atom stereocenters. The molecule has 1 aliphatic rings. The Balaban J connectivity index is 1.34. The number of benzene rings is 2. The Hall–Kier alpha value is -4.84. The maximum Gasteiger partial charge on any atom is 0.410 e. The van der Waals surface area contributed by atoms with Crippen molar-refractivity contribution in [2.24, 2.45) is 0 Å². The van der Waals surface area contributed by atoms with Crippen LogP contribution in [0.3, 0.4) is 0 Å². The lowest BCUT2D eigenvalue weighted by molar-refractivity contribution is 0.0414. The summed E-state index contributed by atoms with van der Waals surface area (Å²) in [7, 11) is 0. The molecule has 12 nitrogen and oxygen atoms in total. The van der Waals surface area contributed by atoms with Crippen molar-refractivity contribution in [2.75, 3.05) is 26.2 Å². The highest BCUT2D eigenvalue weighted by Gasteiger charge is 2.35. The molecule has 0 spiro atoms. The van der Waals surface area contributed by atoms with Gasteiger partial charge in [0.2, 0.25) is 0 Å². The minimum absolute atomic E-state index is 0.0682. The minimum Gasteiger partial charge on any atom is -0.447 e. The van der Waals surface area contributed by atoms with Gasteiger partial charge < -0.3 is 19.2 Å². The number of H-pyrrole nitrogens is 1. The SMILES string of the molecule is CC(C)OC(=O)N1CCN([C@@H](c2ccccc2)[C@@H](c2ccccc2)n2cc(Cn3cnc(=N)c4[nH]cnc43)nn2)CC1. The second-order valence-electron chi connectivity index (χ2n) is 10.7. The number of aromatic amines is 1. The number of fused-ring (bicyclic) bond motifs is 1. The summed E-state index contributed by atoms with van der Waals surface area (Å²) in [6.45, 7) is 6.68. The lowest BCUT2D eigenvalue weighted by atomic mass is 9.91. The van der Waals surface area contributed by atoms with E-state index in [1.54, 1.807) is 17.6 Å². The number of carbonyl (C=O) groups is 1. The summed E-state index contributed by atoms with van der Waals surface area (Å²) in [6.07, 6.45) is 4.73. The molecule has 2 N–H and O–H groups in total. The number of ether oxygens (including phenoxy) is 1. The maximum atomic E-state index is 12.6. The molecule has 0 bridgehead atoms. The molecule has 4 heterocycles. The first kappa shape index (κ1) is 27.3. The summed E-state index contributed by atoms with van der Waals surface area (Å²) < 4.78 is 9.26. The second kappa shape index (κ2) is 12.0. The maximum absolute atomic E-state index is 12.6. The number of rotatable bonds is 8. The van der Waals surface area contributed by atoms with Crippen LogP contribution in [-0.4, -0.2) is 82.7 Å². The molecule has 6 rings (SSSR count). The Morgan fingerprint density at radius 3 is 2.29 bits per heavy atom. The van der Waals surface area contributed by atoms with Crippen LogP contribution in [0.4, 0.5) is 4.79 Å². The summed E-state index contributed by atoms with van der Waals surface area (Å²) in [6, 6.07) is 20.5. The third kappa shape index (κ3) is 5.66. The van der Waals surface area contributed by atoms with Crippen molar-refractivity contribution in [3.05, 3.63) is 102 Å². The molecule has 0 aliphatic carbocycles. The van der Waals surface area contributed by atoms with E-state index in [1.165, 1.54) is 0 Å². The van der Waals surface area contributed by atoms with E-state index in [1.807, 2.05) is 53.6 Å². The molecule has 0 radical (unpaired) electrons. The molecule has 216 valence electrons. The van der Waals surface area contributed by atoms with Crippen molar-refractivity contribution in [1.82, 2.24) is 44.3 Å². The van der Waals surface area contributed by atoms with Gasteiger partial charge in [-0.15, -0.1) is 5.10 Å². The molecule has 1 fully saturated rings. The number of carbonyl (C=O) groups excluding carboxylic acids is 1. The lowest BCUT2D eigenvalue weighted by Gasteiger charge is -2.42. The van der Waals surface area contributed by atoms with E-state index in [-0.39, 0.29) is 29.8 Å². The van der Waals surface area contributed by atoms with Gasteiger partial charge in [0, 0.05) is 26.2 Å². The Morgan fingerprint density at radius 2 is 1.62 bits per heavy atom. The first-order valence-electron chi connectivity index (χ1n) is 14.1. The summed E-state index contributed by atoms with van der Waals surface area (Å²) in [5, 5.41) is 17.2. The Morgan fingerprint density at radius 1 is 0.952 bits per heavy atom. The van der Waals surface area contributed by atoms with E-state index in [0.29, 0.717) is 43.9 Å². The van der Waals surface area contributed by atoms with E-state index in [4.69, 9.17) is 10.1 Å². The van der Waals surface area contributed by atoms with Crippen molar-refractivity contribution >= 4 is 17.3 Å². The molecule has 12 heteroatoms. The van der Waals surface area contributed by atoms with E-state index in [2.05, 4.69) is 66.6 Å². The molecular weight excluding hydrogens is 532 g/mol. The highest BCUT2D eigenvalue weighted by atomic mass is 16.6. The molecule has 2 aromatic carbocycles. The number of imidazole rings is 1. The lowest BCUT2D eigenvalue weighted by Crippen LogP contribution is -2.51. The summed E-state index contributed by atoms with van der Waals surface area (Å²) in [4.78, 5) is 28.4. The van der Waals surface area contributed by atoms with Crippen molar-refractivity contribution in [3.8, 4) is 0 Å². The largest absolute Gasteiger partial charge is 0.447 e. The molecule has 5 aromatic rings. The molecule has 1 aliphatic heterocycles. The van der Waals surface area contributed by atoms with E-state index in [9.17, 15) is 4.79 Å². The van der Waals surface area contributed by atoms with E-state index < -0.39 is 0 Å². The van der Waals surface area contributed by atoms with Crippen LogP contribution in [-0.2, 0) is 11.3 Å². The third-order valence-corrected chi connectivity index (χ3v) is 7.51. The number of nitrogens with zero attached hydrogens (tertiary/aromatic N) is 8. The second-order valence-corrected chi connectivity index (χ2v) is 10.7. The molecule has 1 amide bonds. The summed E-state index contributed by atoms with van der Waals surface area (Å²) in [5.74, 6) is 0. The fourth-order valence-electron chi connectivity index (χ4n) is 5.57. The van der Waals surface area contributed by atoms with Crippen LogP contribution in [0, 0.1) is 5.41 Å². The fraction of sp³-hybridized carbons (Fsp3) is 0.333. The average Bonchev–Trinajstić information content (AvgIpc) is 3.69. The molecule has 0 unspecified atom stereocenters. The number of aromatic nitrogens is 7. The van der Waals surface area contributed by atoms with Gasteiger partial charge in [0.1, 0.15) is 11.2 Å². The van der Waals surface area contributed by atoms with Gasteiger partial charge in [0.05, 0.1) is 43.6 Å². The van der Waals surface area contributed by atoms with Crippen LogP contribution < -0.4 is 5.49 Å². The number of hydrogen-bond donors (Lipinski definition) is 2. The van der Waals surface area contributed by atoms with Crippen molar-refractivity contribution in [2.45, 2.75) is 38.6 Å². The predicted molar refractivity (Wildman–Crippen MR) is 155 cm³/mol. The number of amides is 1. The highest BCUT2D eigenvalue weighted by Crippen LogP contribution is 2.37. The summed E-state index contributed by atoms with van der Waals surface area (Å²) >= 11 is 0. The molecule has 1 saturated heterocycles. The van der Waals surface area contributed by atoms with Crippen LogP contribution in [0.15, 0.2) is 79.5 Å². The van der Waals surface area contributed by atoms with Crippen LogP contribution >= 0.6 is 0 Å². The number of hydrogen-bond acceptors (Lipinski definition) is 8. The van der Waals surface area contributed by atoms with Gasteiger partial charge in [-0.1, -0.05) is 65.9 Å². The first-order chi connectivity index (χ1) is 20.5. The van der Waals surface area contributed by atoms with Gasteiger partial charge in [-0.3, -0.25) is 10.3 Å². The quantitative estimate of drug-likeness (QED) is 0.294. The number of piperazine rings is 1. The summed E-state index contributed by atoms with van der Waals surface area (Å²) in [5.41, 5.74) is 4.37. The average molecular weight is 567 g/mol. The monoisotopic (exact) mass is 566 g/mol. The topological polar surface area (TPSA) is 134 Å². The van der Waals surface area contributed by atoms with E-state index in [0.717, 1.165) is 16.8 Å². The van der Waals surface area contributed by atoms with Crippen LogP contribution in [0.25, 0.3) is 11.2 Å². The van der Waals surface area contributed by atoms with Gasteiger partial charge in [-0.05, 0) is 25.0 Å². The van der Waals surface area contributed by atoms with Crippen molar-refractivity contribution in [1.29, 1.82) is 5.41 Å². The third-order valence-electron chi connectivity index (χ3n) is 7.51. The standard InChI is InChI=1S/C30H34N10O2/c1-21(2)42-30(41)38-15-13-37(14-16-38)26(22-9-5-3-6-10-22)27(23-11-7-4-8-12-23)40-18-24(35-36-40)17-39-20-34-28(31)25-29(39)33-19-32-25/h3-12,18-21,26-27,31H,13-17H2,1-2H3,(H,32,33)/t26-,27+/m0/s1. The zero-order valence-electron chi connectivity index (χ0n) is 23.7. The first-order valence-corrected chi connectivity index (χ1v) is 14.1. The Kier molecular flexibility index (Phi) is 7.78. The van der Waals surface area contributed by atoms with Crippen LogP contribution in [0.5, 0.6) is 0 Å².